The van der Waals surface area contributed by atoms with Crippen LogP contribution in [0.25, 0.3) is 0 Å². The Morgan fingerprint density at radius 3 is 2.70 bits per heavy atom. The van der Waals surface area contributed by atoms with E-state index in [1.54, 1.807) is 4.68 Å². The zero-order valence-corrected chi connectivity index (χ0v) is 12.4. The molecular weight excluding hydrogens is 278 g/mol. The fourth-order valence-corrected chi connectivity index (χ4v) is 2.09. The van der Waals surface area contributed by atoms with E-state index in [0.29, 0.717) is 12.2 Å². The van der Waals surface area contributed by atoms with Crippen molar-refractivity contribution >= 4 is 11.6 Å². The van der Waals surface area contributed by atoms with E-state index in [1.165, 1.54) is 5.56 Å². The van der Waals surface area contributed by atoms with E-state index in [9.17, 15) is 4.79 Å². The maximum atomic E-state index is 11.6. The second-order valence-electron chi connectivity index (χ2n) is 4.94. The quantitative estimate of drug-likeness (QED) is 0.631. The number of nitrogens with one attached hydrogen (secondary N) is 2. The first-order valence-corrected chi connectivity index (χ1v) is 7.03. The zero-order valence-electron chi connectivity index (χ0n) is 11.6. The number of H-pyrrole nitrogens is 1. The summed E-state index contributed by atoms with van der Waals surface area (Å²) in [6.45, 7) is 5.24. The highest BCUT2D eigenvalue weighted by Gasteiger charge is 2.22. The molecule has 0 atom stereocenters. The van der Waals surface area contributed by atoms with E-state index in [0.717, 1.165) is 18.0 Å². The molecule has 0 aliphatic carbocycles. The van der Waals surface area contributed by atoms with Gasteiger partial charge in [-0.1, -0.05) is 28.4 Å². The molecule has 0 aliphatic heterocycles. The van der Waals surface area contributed by atoms with E-state index in [4.69, 9.17) is 16.1 Å². The Morgan fingerprint density at radius 2 is 2.05 bits per heavy atom. The zero-order chi connectivity index (χ0) is 14.5. The normalized spacial score (nSPS) is 11.2. The van der Waals surface area contributed by atoms with Crippen molar-refractivity contribution in [1.82, 2.24) is 10.6 Å². The SMILES string of the molecule is CC(C)[n+]1[nH]oc(=O)c1CNCCc1ccc(Cl)cc1. The smallest absolute Gasteiger partial charge is 0.307 e. The minimum Gasteiger partial charge on any atom is -0.307 e. The van der Waals surface area contributed by atoms with E-state index in [-0.39, 0.29) is 11.7 Å². The molecule has 0 bridgehead atoms. The highest BCUT2D eigenvalue weighted by atomic mass is 35.5. The highest BCUT2D eigenvalue weighted by molar-refractivity contribution is 6.30. The van der Waals surface area contributed by atoms with E-state index in [2.05, 4.69) is 10.6 Å². The number of nitrogens with zero attached hydrogens (tertiary/aromatic N) is 1. The van der Waals surface area contributed by atoms with Crippen molar-refractivity contribution in [1.29, 1.82) is 0 Å². The summed E-state index contributed by atoms with van der Waals surface area (Å²) < 4.78 is 6.55. The third kappa shape index (κ3) is 3.71. The molecule has 0 saturated heterocycles. The molecule has 1 heterocycles. The second-order valence-corrected chi connectivity index (χ2v) is 5.38. The maximum absolute atomic E-state index is 11.6. The summed E-state index contributed by atoms with van der Waals surface area (Å²) in [4.78, 5) is 11.6. The Balaban J connectivity index is 1.86. The van der Waals surface area contributed by atoms with Gasteiger partial charge in [0.2, 0.25) is 0 Å². The summed E-state index contributed by atoms with van der Waals surface area (Å²) in [5.41, 5.74) is 1.49. The fourth-order valence-electron chi connectivity index (χ4n) is 1.97. The topological polar surface area (TPSA) is 61.9 Å². The van der Waals surface area contributed by atoms with Crippen molar-refractivity contribution < 1.29 is 9.20 Å². The lowest BCUT2D eigenvalue weighted by Gasteiger charge is -2.03. The Kier molecular flexibility index (Phi) is 4.98. The third-order valence-corrected chi connectivity index (χ3v) is 3.33. The summed E-state index contributed by atoms with van der Waals surface area (Å²) in [6.07, 6.45) is 0.884. The molecule has 1 aromatic carbocycles. The van der Waals surface area contributed by atoms with Gasteiger partial charge in [-0.05, 0) is 49.8 Å². The van der Waals surface area contributed by atoms with Crippen molar-refractivity contribution in [3.63, 3.8) is 0 Å². The Morgan fingerprint density at radius 1 is 1.35 bits per heavy atom. The lowest BCUT2D eigenvalue weighted by Crippen LogP contribution is -2.45. The molecule has 20 heavy (non-hydrogen) atoms. The van der Waals surface area contributed by atoms with Gasteiger partial charge >= 0.3 is 11.3 Å². The summed E-state index contributed by atoms with van der Waals surface area (Å²) in [7, 11) is 0. The van der Waals surface area contributed by atoms with Crippen molar-refractivity contribution in [2.45, 2.75) is 32.9 Å². The van der Waals surface area contributed by atoms with Crippen LogP contribution >= 0.6 is 11.6 Å². The minimum atomic E-state index is -0.322. The molecule has 2 aromatic rings. The van der Waals surface area contributed by atoms with Crippen LogP contribution in [-0.4, -0.2) is 11.8 Å². The average Bonchev–Trinajstić information content (AvgIpc) is 2.78. The van der Waals surface area contributed by atoms with Crippen LogP contribution in [0.2, 0.25) is 5.02 Å². The predicted molar refractivity (Wildman–Crippen MR) is 76.8 cm³/mol. The predicted octanol–water partition coefficient (Wildman–Crippen LogP) is 1.82. The van der Waals surface area contributed by atoms with Gasteiger partial charge in [0.1, 0.15) is 0 Å². The maximum Gasteiger partial charge on any atom is 0.431 e. The summed E-state index contributed by atoms with van der Waals surface area (Å²) >= 11 is 5.84. The van der Waals surface area contributed by atoms with Crippen LogP contribution in [0.1, 0.15) is 31.1 Å². The van der Waals surface area contributed by atoms with Crippen molar-refractivity contribution in [3.05, 3.63) is 51.0 Å². The number of aromatic amines is 1. The Hall–Kier alpha value is -1.59. The number of hydrogen-bond donors (Lipinski definition) is 2. The molecule has 2 rings (SSSR count). The van der Waals surface area contributed by atoms with Crippen molar-refractivity contribution in [3.8, 4) is 0 Å². The molecule has 5 nitrogen and oxygen atoms in total. The molecule has 0 spiro atoms. The Labute approximate surface area is 122 Å². The molecule has 1 aromatic heterocycles. The van der Waals surface area contributed by atoms with Gasteiger partial charge in [-0.2, -0.15) is 0 Å². The van der Waals surface area contributed by atoms with Crippen LogP contribution in [0.15, 0.2) is 33.6 Å². The van der Waals surface area contributed by atoms with Gasteiger partial charge in [-0.25, -0.2) is 4.79 Å². The minimum absolute atomic E-state index is 0.162. The second kappa shape index (κ2) is 6.72. The standard InChI is InChI=1S/C14H18ClN3O2/c1-10(2)18-13(14(19)20-17-18)9-16-8-7-11-3-5-12(15)6-4-11/h3-6,10,16H,7-9H2,1-2H3/p+1. The molecule has 0 amide bonds. The van der Waals surface area contributed by atoms with Crippen LogP contribution in [0, 0.1) is 0 Å². The number of hydrogen-bond acceptors (Lipinski definition) is 3. The first-order chi connectivity index (χ1) is 9.58. The largest absolute Gasteiger partial charge is 0.431 e. The van der Waals surface area contributed by atoms with Crippen LogP contribution in [0.5, 0.6) is 0 Å². The van der Waals surface area contributed by atoms with Crippen molar-refractivity contribution in [2.24, 2.45) is 0 Å². The first kappa shape index (κ1) is 14.8. The molecule has 0 saturated carbocycles. The lowest BCUT2D eigenvalue weighted by atomic mass is 10.1. The van der Waals surface area contributed by atoms with E-state index in [1.807, 2.05) is 38.1 Å². The third-order valence-electron chi connectivity index (χ3n) is 3.08. The van der Waals surface area contributed by atoms with E-state index < -0.39 is 0 Å². The summed E-state index contributed by atoms with van der Waals surface area (Å²) in [5, 5.41) is 6.61. The number of rotatable bonds is 6. The molecule has 108 valence electrons. The Bertz CT molecular complexity index is 602. The van der Waals surface area contributed by atoms with Gasteiger partial charge in [0.15, 0.2) is 6.04 Å². The molecule has 6 heteroatoms. The van der Waals surface area contributed by atoms with Gasteiger partial charge in [-0.15, -0.1) is 0 Å². The molecular formula is C14H19ClN3O2+. The van der Waals surface area contributed by atoms with Gasteiger partial charge < -0.3 is 5.32 Å². The number of aromatic nitrogens is 2. The van der Waals surface area contributed by atoms with Gasteiger partial charge in [0.05, 0.1) is 6.54 Å². The lowest BCUT2D eigenvalue weighted by molar-refractivity contribution is -0.785. The van der Waals surface area contributed by atoms with Gasteiger partial charge in [0.25, 0.3) is 0 Å². The fraction of sp³-hybridized carbons (Fsp3) is 0.429. The molecule has 2 N–H and O–H groups in total. The van der Waals surface area contributed by atoms with E-state index >= 15 is 0 Å². The summed E-state index contributed by atoms with van der Waals surface area (Å²) in [5.74, 6) is 0. The number of benzene rings is 1. The van der Waals surface area contributed by atoms with Crippen LogP contribution in [0.3, 0.4) is 0 Å². The van der Waals surface area contributed by atoms with Crippen LogP contribution < -0.4 is 15.6 Å². The monoisotopic (exact) mass is 296 g/mol. The molecule has 0 fully saturated rings. The summed E-state index contributed by atoms with van der Waals surface area (Å²) in [6, 6.07) is 7.93. The highest BCUT2D eigenvalue weighted by Crippen LogP contribution is 2.09. The first-order valence-electron chi connectivity index (χ1n) is 6.65. The van der Waals surface area contributed by atoms with Crippen LogP contribution in [0.4, 0.5) is 0 Å². The average molecular weight is 297 g/mol. The molecule has 0 unspecified atom stereocenters. The van der Waals surface area contributed by atoms with Gasteiger partial charge in [-0.3, -0.25) is 4.52 Å². The number of halogens is 1. The van der Waals surface area contributed by atoms with Gasteiger partial charge in [0, 0.05) is 5.02 Å². The molecule has 0 radical (unpaired) electrons. The van der Waals surface area contributed by atoms with Crippen LogP contribution in [-0.2, 0) is 13.0 Å². The van der Waals surface area contributed by atoms with Crippen molar-refractivity contribution in [2.75, 3.05) is 6.54 Å². The molecule has 0 aliphatic rings.